The van der Waals surface area contributed by atoms with Gasteiger partial charge in [0.05, 0.1) is 12.4 Å². The average Bonchev–Trinajstić information content (AvgIpc) is 3.13. The zero-order valence-electron chi connectivity index (χ0n) is 15.0. The highest BCUT2D eigenvalue weighted by molar-refractivity contribution is 8.00. The fourth-order valence-corrected chi connectivity index (χ4v) is 3.13. The summed E-state index contributed by atoms with van der Waals surface area (Å²) in [4.78, 5) is 12.4. The summed E-state index contributed by atoms with van der Waals surface area (Å²) in [5.41, 5.74) is 2.40. The molecule has 0 saturated heterocycles. The molecule has 1 amide bonds. The van der Waals surface area contributed by atoms with E-state index in [1.54, 1.807) is 26.2 Å². The van der Waals surface area contributed by atoms with E-state index in [4.69, 9.17) is 20.8 Å². The maximum atomic E-state index is 12.4. The number of hydrogen-bond donors (Lipinski definition) is 1. The third-order valence-electron chi connectivity index (χ3n) is 3.85. The van der Waals surface area contributed by atoms with Gasteiger partial charge in [-0.25, -0.2) is 0 Å². The highest BCUT2D eigenvalue weighted by Gasteiger charge is 2.19. The van der Waals surface area contributed by atoms with Gasteiger partial charge in [0.2, 0.25) is 11.8 Å². The van der Waals surface area contributed by atoms with E-state index in [1.165, 1.54) is 11.8 Å². The second kappa shape index (κ2) is 8.45. The van der Waals surface area contributed by atoms with Crippen LogP contribution in [0.1, 0.15) is 12.5 Å². The molecule has 0 aliphatic carbocycles. The number of halogens is 1. The van der Waals surface area contributed by atoms with Gasteiger partial charge in [0.25, 0.3) is 5.22 Å². The van der Waals surface area contributed by atoms with Gasteiger partial charge in [0.1, 0.15) is 5.75 Å². The average molecular weight is 404 g/mol. The Morgan fingerprint density at radius 1 is 1.22 bits per heavy atom. The van der Waals surface area contributed by atoms with Crippen molar-refractivity contribution < 1.29 is 13.9 Å². The summed E-state index contributed by atoms with van der Waals surface area (Å²) in [6.45, 7) is 3.68. The molecule has 6 nitrogen and oxygen atoms in total. The lowest BCUT2D eigenvalue weighted by molar-refractivity contribution is -0.115. The van der Waals surface area contributed by atoms with Crippen molar-refractivity contribution in [1.82, 2.24) is 10.2 Å². The lowest BCUT2D eigenvalue weighted by Gasteiger charge is -2.12. The second-order valence-electron chi connectivity index (χ2n) is 5.81. The Morgan fingerprint density at radius 2 is 1.96 bits per heavy atom. The van der Waals surface area contributed by atoms with Crippen molar-refractivity contribution >= 4 is 35.0 Å². The normalized spacial score (nSPS) is 11.9. The lowest BCUT2D eigenvalue weighted by atomic mass is 10.2. The molecule has 0 unspecified atom stereocenters. The van der Waals surface area contributed by atoms with Crippen molar-refractivity contribution in [2.24, 2.45) is 0 Å². The van der Waals surface area contributed by atoms with Crippen LogP contribution in [0.25, 0.3) is 11.5 Å². The van der Waals surface area contributed by atoms with Crippen LogP contribution in [-0.2, 0) is 4.79 Å². The first-order valence-corrected chi connectivity index (χ1v) is 9.43. The minimum atomic E-state index is -0.424. The van der Waals surface area contributed by atoms with Gasteiger partial charge in [-0.15, -0.1) is 10.2 Å². The van der Waals surface area contributed by atoms with Gasteiger partial charge in [0.15, 0.2) is 0 Å². The van der Waals surface area contributed by atoms with Gasteiger partial charge >= 0.3 is 0 Å². The van der Waals surface area contributed by atoms with E-state index in [0.717, 1.165) is 16.9 Å². The van der Waals surface area contributed by atoms with Crippen LogP contribution in [0.15, 0.2) is 52.1 Å². The number of nitrogens with zero attached hydrogens (tertiary/aromatic N) is 2. The van der Waals surface area contributed by atoms with E-state index < -0.39 is 5.25 Å². The molecule has 0 radical (unpaired) electrons. The number of methoxy groups -OCH3 is 1. The van der Waals surface area contributed by atoms with E-state index in [9.17, 15) is 4.79 Å². The SMILES string of the molecule is COc1ccc(-c2nnc(S[C@@H](C)C(=O)Nc3cc(Cl)ccc3C)o2)cc1. The summed E-state index contributed by atoms with van der Waals surface area (Å²) in [6.07, 6.45) is 0. The molecule has 0 aliphatic heterocycles. The molecule has 0 saturated carbocycles. The number of rotatable bonds is 6. The predicted molar refractivity (Wildman–Crippen MR) is 106 cm³/mol. The maximum absolute atomic E-state index is 12.4. The molecule has 3 aromatic rings. The van der Waals surface area contributed by atoms with Gasteiger partial charge in [-0.05, 0) is 55.8 Å². The van der Waals surface area contributed by atoms with Gasteiger partial charge in [-0.3, -0.25) is 4.79 Å². The number of benzene rings is 2. The molecule has 1 heterocycles. The first-order valence-electron chi connectivity index (χ1n) is 8.18. The summed E-state index contributed by atoms with van der Waals surface area (Å²) >= 11 is 7.19. The molecule has 0 aliphatic rings. The Bertz CT molecular complexity index is 944. The highest BCUT2D eigenvalue weighted by Crippen LogP contribution is 2.28. The van der Waals surface area contributed by atoms with Crippen LogP contribution in [0.5, 0.6) is 5.75 Å². The molecular weight excluding hydrogens is 386 g/mol. The molecule has 1 atom stereocenters. The zero-order valence-corrected chi connectivity index (χ0v) is 16.6. The van der Waals surface area contributed by atoms with Crippen LogP contribution < -0.4 is 10.1 Å². The molecule has 3 rings (SSSR count). The first-order chi connectivity index (χ1) is 13.0. The van der Waals surface area contributed by atoms with E-state index in [2.05, 4.69) is 15.5 Å². The van der Waals surface area contributed by atoms with Crippen LogP contribution in [0.4, 0.5) is 5.69 Å². The number of ether oxygens (including phenoxy) is 1. The van der Waals surface area contributed by atoms with Crippen molar-refractivity contribution in [2.75, 3.05) is 12.4 Å². The predicted octanol–water partition coefficient (Wildman–Crippen LogP) is 4.83. The molecule has 2 aromatic carbocycles. The minimum Gasteiger partial charge on any atom is -0.497 e. The Kier molecular flexibility index (Phi) is 6.03. The molecule has 27 heavy (non-hydrogen) atoms. The van der Waals surface area contributed by atoms with Crippen molar-refractivity contribution in [2.45, 2.75) is 24.3 Å². The third kappa shape index (κ3) is 4.81. The Hall–Kier alpha value is -2.51. The molecule has 1 aromatic heterocycles. The molecule has 140 valence electrons. The number of thioether (sulfide) groups is 1. The fourth-order valence-electron chi connectivity index (χ4n) is 2.28. The number of anilines is 1. The third-order valence-corrected chi connectivity index (χ3v) is 5.02. The van der Waals surface area contributed by atoms with E-state index in [-0.39, 0.29) is 5.91 Å². The van der Waals surface area contributed by atoms with Crippen molar-refractivity contribution in [3.63, 3.8) is 0 Å². The van der Waals surface area contributed by atoms with Crippen LogP contribution in [0.2, 0.25) is 5.02 Å². The van der Waals surface area contributed by atoms with Crippen LogP contribution in [-0.4, -0.2) is 28.5 Å². The van der Waals surface area contributed by atoms with E-state index >= 15 is 0 Å². The van der Waals surface area contributed by atoms with E-state index in [1.807, 2.05) is 37.3 Å². The van der Waals surface area contributed by atoms with Gasteiger partial charge < -0.3 is 14.5 Å². The monoisotopic (exact) mass is 403 g/mol. The maximum Gasteiger partial charge on any atom is 0.277 e. The number of hydrogen-bond acceptors (Lipinski definition) is 6. The van der Waals surface area contributed by atoms with E-state index in [0.29, 0.717) is 21.8 Å². The van der Waals surface area contributed by atoms with Crippen molar-refractivity contribution in [1.29, 1.82) is 0 Å². The lowest BCUT2D eigenvalue weighted by Crippen LogP contribution is -2.22. The number of carbonyl (C=O) groups excluding carboxylic acids is 1. The Morgan fingerprint density at radius 3 is 2.67 bits per heavy atom. The molecule has 1 N–H and O–H groups in total. The summed E-state index contributed by atoms with van der Waals surface area (Å²) < 4.78 is 10.8. The molecule has 0 spiro atoms. The van der Waals surface area contributed by atoms with Gasteiger partial charge in [0, 0.05) is 16.3 Å². The highest BCUT2D eigenvalue weighted by atomic mass is 35.5. The zero-order chi connectivity index (χ0) is 19.4. The summed E-state index contributed by atoms with van der Waals surface area (Å²) in [5, 5.41) is 11.4. The largest absolute Gasteiger partial charge is 0.497 e. The van der Waals surface area contributed by atoms with Gasteiger partial charge in [-0.1, -0.05) is 29.4 Å². The number of carbonyl (C=O) groups is 1. The van der Waals surface area contributed by atoms with Crippen LogP contribution in [0.3, 0.4) is 0 Å². The topological polar surface area (TPSA) is 77.2 Å². The van der Waals surface area contributed by atoms with Crippen LogP contribution >= 0.6 is 23.4 Å². The molecule has 8 heteroatoms. The quantitative estimate of drug-likeness (QED) is 0.594. The minimum absolute atomic E-state index is 0.172. The Balaban J connectivity index is 1.65. The molecule has 0 bridgehead atoms. The number of nitrogens with one attached hydrogen (secondary N) is 1. The Labute approximate surface area is 166 Å². The van der Waals surface area contributed by atoms with Gasteiger partial charge in [-0.2, -0.15) is 0 Å². The van der Waals surface area contributed by atoms with Crippen LogP contribution in [0, 0.1) is 6.92 Å². The summed E-state index contributed by atoms with van der Waals surface area (Å²) in [6, 6.07) is 12.7. The number of aryl methyl sites for hydroxylation is 1. The van der Waals surface area contributed by atoms with Crippen molar-refractivity contribution in [3.8, 4) is 17.2 Å². The fraction of sp³-hybridized carbons (Fsp3) is 0.211. The molecular formula is C19H18ClN3O3S. The molecule has 0 fully saturated rings. The smallest absolute Gasteiger partial charge is 0.277 e. The van der Waals surface area contributed by atoms with Crippen molar-refractivity contribution in [3.05, 3.63) is 53.1 Å². The number of amides is 1. The summed E-state index contributed by atoms with van der Waals surface area (Å²) in [5.74, 6) is 0.961. The number of aromatic nitrogens is 2. The standard InChI is InChI=1S/C19H18ClN3O3S/c1-11-4-7-14(20)10-16(11)21-17(24)12(2)27-19-23-22-18(26-19)13-5-8-15(25-3)9-6-13/h4-10,12H,1-3H3,(H,21,24)/t12-/m0/s1. The summed E-state index contributed by atoms with van der Waals surface area (Å²) in [7, 11) is 1.60. The second-order valence-corrected chi connectivity index (χ2v) is 7.54. The first kappa shape index (κ1) is 19.3.